The highest BCUT2D eigenvalue weighted by atomic mass is 32.2. The summed E-state index contributed by atoms with van der Waals surface area (Å²) >= 11 is 2.73. The standard InChI is InChI=1S/C29H29N3O5S2/c1-17-12-18(2)26-23(13-17)30-27(37-26)20-5-3-4-19(14-20)15-22(33)8-6-21-7-9-25(34)32(21)10-11-38-29-31-24(16-39-29)28(35)36/h3-6,8,12-14,16,21-22,33H,7,9-11,15H2,1-2H3,(H,35,36)/b8-6+/t21-,22+/m0/s1. The first-order valence-electron chi connectivity index (χ1n) is 12.7. The van der Waals surface area contributed by atoms with Crippen molar-refractivity contribution in [2.75, 3.05) is 12.3 Å². The summed E-state index contributed by atoms with van der Waals surface area (Å²) in [5, 5.41) is 21.3. The first-order chi connectivity index (χ1) is 18.8. The van der Waals surface area contributed by atoms with Crippen LogP contribution in [0, 0.1) is 13.8 Å². The number of aliphatic hydroxyl groups excluding tert-OH is 1. The number of aromatic nitrogens is 2. The number of hydrogen-bond acceptors (Lipinski definition) is 8. The van der Waals surface area contributed by atoms with E-state index >= 15 is 0 Å². The van der Waals surface area contributed by atoms with E-state index in [9.17, 15) is 14.7 Å². The van der Waals surface area contributed by atoms with E-state index in [1.807, 2.05) is 55.2 Å². The van der Waals surface area contributed by atoms with E-state index < -0.39 is 12.1 Å². The van der Waals surface area contributed by atoms with Crippen molar-refractivity contribution in [2.45, 2.75) is 49.6 Å². The number of thioether (sulfide) groups is 1. The average Bonchev–Trinajstić information content (AvgIpc) is 3.62. The molecule has 1 saturated heterocycles. The Bertz CT molecular complexity index is 1540. The third-order valence-electron chi connectivity index (χ3n) is 6.63. The molecule has 0 bridgehead atoms. The summed E-state index contributed by atoms with van der Waals surface area (Å²) in [6.45, 7) is 4.58. The van der Waals surface area contributed by atoms with Crippen LogP contribution in [-0.4, -0.2) is 61.4 Å². The molecule has 8 nitrogen and oxygen atoms in total. The van der Waals surface area contributed by atoms with E-state index in [-0.39, 0.29) is 17.6 Å². The maximum atomic E-state index is 12.4. The van der Waals surface area contributed by atoms with Gasteiger partial charge in [-0.05, 0) is 55.2 Å². The topological polar surface area (TPSA) is 117 Å². The van der Waals surface area contributed by atoms with Gasteiger partial charge < -0.3 is 19.5 Å². The van der Waals surface area contributed by atoms with Crippen LogP contribution < -0.4 is 0 Å². The van der Waals surface area contributed by atoms with Gasteiger partial charge >= 0.3 is 5.97 Å². The predicted molar refractivity (Wildman–Crippen MR) is 152 cm³/mol. The van der Waals surface area contributed by atoms with Crippen LogP contribution in [0.2, 0.25) is 0 Å². The number of amides is 1. The molecule has 10 heteroatoms. The number of carboxylic acid groups (broad SMARTS) is 1. The van der Waals surface area contributed by atoms with Crippen LogP contribution in [0.1, 0.15) is 40.0 Å². The van der Waals surface area contributed by atoms with Crippen molar-refractivity contribution in [3.05, 3.63) is 76.3 Å². The number of oxazole rings is 1. The van der Waals surface area contributed by atoms with Crippen LogP contribution in [0.5, 0.6) is 0 Å². The molecule has 0 saturated carbocycles. The fourth-order valence-electron chi connectivity index (χ4n) is 4.80. The zero-order valence-electron chi connectivity index (χ0n) is 21.7. The normalized spacial score (nSPS) is 16.5. The number of carbonyl (C=O) groups excluding carboxylic acids is 1. The lowest BCUT2D eigenvalue weighted by Crippen LogP contribution is -2.33. The fourth-order valence-corrected chi connectivity index (χ4v) is 6.61. The minimum absolute atomic E-state index is 0.0408. The maximum Gasteiger partial charge on any atom is 0.355 e. The van der Waals surface area contributed by atoms with Gasteiger partial charge in [0.2, 0.25) is 11.8 Å². The number of carbonyl (C=O) groups is 2. The third-order valence-corrected chi connectivity index (χ3v) is 8.63. The molecule has 202 valence electrons. The van der Waals surface area contributed by atoms with Crippen LogP contribution in [0.4, 0.5) is 0 Å². The molecule has 4 aromatic rings. The van der Waals surface area contributed by atoms with Crippen LogP contribution in [-0.2, 0) is 11.2 Å². The first kappa shape index (κ1) is 27.1. The Hall–Kier alpha value is -3.47. The first-order valence-corrected chi connectivity index (χ1v) is 14.6. The number of benzene rings is 2. The van der Waals surface area contributed by atoms with Gasteiger partial charge in [-0.15, -0.1) is 11.3 Å². The lowest BCUT2D eigenvalue weighted by Gasteiger charge is -2.22. The number of likely N-dealkylation sites (tertiary alicyclic amines) is 1. The molecular weight excluding hydrogens is 534 g/mol. The summed E-state index contributed by atoms with van der Waals surface area (Å²) < 4.78 is 6.73. The highest BCUT2D eigenvalue weighted by molar-refractivity contribution is 8.01. The van der Waals surface area contributed by atoms with Crippen LogP contribution in [0.3, 0.4) is 0 Å². The van der Waals surface area contributed by atoms with Gasteiger partial charge in [-0.3, -0.25) is 4.79 Å². The van der Waals surface area contributed by atoms with Crippen molar-refractivity contribution in [3.63, 3.8) is 0 Å². The second-order valence-electron chi connectivity index (χ2n) is 9.65. The molecule has 2 atom stereocenters. The molecule has 1 fully saturated rings. The van der Waals surface area contributed by atoms with Crippen LogP contribution in [0.15, 0.2) is 62.7 Å². The SMILES string of the molecule is Cc1cc(C)c2oc(-c3cccc(C[C@H](O)/C=C/[C@H]4CCC(=O)N4CCSc4nc(C(=O)O)cs4)c3)nc2c1. The van der Waals surface area contributed by atoms with Gasteiger partial charge in [0.1, 0.15) is 5.52 Å². The molecule has 1 aliphatic rings. The predicted octanol–water partition coefficient (Wildman–Crippen LogP) is 5.51. The zero-order chi connectivity index (χ0) is 27.5. The zero-order valence-corrected chi connectivity index (χ0v) is 23.3. The van der Waals surface area contributed by atoms with Crippen LogP contribution >= 0.6 is 23.1 Å². The Morgan fingerprint density at radius 3 is 2.92 bits per heavy atom. The number of fused-ring (bicyclic) bond motifs is 1. The van der Waals surface area contributed by atoms with Crippen molar-refractivity contribution < 1.29 is 24.2 Å². The van der Waals surface area contributed by atoms with Crippen molar-refractivity contribution in [1.29, 1.82) is 0 Å². The Kier molecular flexibility index (Phi) is 8.15. The Morgan fingerprint density at radius 1 is 1.28 bits per heavy atom. The van der Waals surface area contributed by atoms with Gasteiger partial charge in [0, 0.05) is 36.1 Å². The molecule has 0 spiro atoms. The van der Waals surface area contributed by atoms with E-state index in [0.29, 0.717) is 41.8 Å². The highest BCUT2D eigenvalue weighted by Crippen LogP contribution is 2.29. The van der Waals surface area contributed by atoms with E-state index in [2.05, 4.69) is 16.0 Å². The van der Waals surface area contributed by atoms with Gasteiger partial charge in [-0.1, -0.05) is 42.1 Å². The number of carboxylic acids is 1. The van der Waals surface area contributed by atoms with Gasteiger partial charge in [-0.2, -0.15) is 0 Å². The lowest BCUT2D eigenvalue weighted by molar-refractivity contribution is -0.128. The van der Waals surface area contributed by atoms with E-state index in [1.54, 1.807) is 6.08 Å². The van der Waals surface area contributed by atoms with E-state index in [4.69, 9.17) is 9.52 Å². The van der Waals surface area contributed by atoms with Crippen molar-refractivity contribution in [3.8, 4) is 11.5 Å². The van der Waals surface area contributed by atoms with Gasteiger partial charge in [0.25, 0.3) is 0 Å². The smallest absolute Gasteiger partial charge is 0.355 e. The average molecular weight is 564 g/mol. The Balaban J connectivity index is 1.19. The van der Waals surface area contributed by atoms with Crippen molar-refractivity contribution >= 4 is 46.1 Å². The molecular formula is C29H29N3O5S2. The summed E-state index contributed by atoms with van der Waals surface area (Å²) in [6, 6.07) is 11.9. The van der Waals surface area contributed by atoms with Crippen molar-refractivity contribution in [2.24, 2.45) is 0 Å². The number of nitrogens with zero attached hydrogens (tertiary/aromatic N) is 3. The second kappa shape index (κ2) is 11.7. The number of hydrogen-bond donors (Lipinski definition) is 2. The molecule has 0 aliphatic carbocycles. The summed E-state index contributed by atoms with van der Waals surface area (Å²) in [7, 11) is 0. The molecule has 2 N–H and O–H groups in total. The van der Waals surface area contributed by atoms with Crippen molar-refractivity contribution in [1.82, 2.24) is 14.9 Å². The quantitative estimate of drug-likeness (QED) is 0.192. The molecule has 1 aliphatic heterocycles. The molecule has 0 unspecified atom stereocenters. The summed E-state index contributed by atoms with van der Waals surface area (Å²) in [5.74, 6) is 0.217. The Morgan fingerprint density at radius 2 is 2.13 bits per heavy atom. The molecule has 3 heterocycles. The van der Waals surface area contributed by atoms with E-state index in [0.717, 1.165) is 33.4 Å². The molecule has 1 amide bonds. The molecule has 2 aromatic carbocycles. The summed E-state index contributed by atoms with van der Waals surface area (Å²) in [6.07, 6.45) is 4.59. The lowest BCUT2D eigenvalue weighted by atomic mass is 10.0. The summed E-state index contributed by atoms with van der Waals surface area (Å²) in [5.41, 5.74) is 5.67. The number of aromatic carboxylic acids is 1. The molecule has 2 aromatic heterocycles. The monoisotopic (exact) mass is 563 g/mol. The second-order valence-corrected chi connectivity index (χ2v) is 11.9. The number of aryl methyl sites for hydroxylation is 2. The number of aliphatic hydroxyl groups is 1. The van der Waals surface area contributed by atoms with Gasteiger partial charge in [0.05, 0.1) is 12.1 Å². The van der Waals surface area contributed by atoms with Gasteiger partial charge in [-0.25, -0.2) is 14.8 Å². The third kappa shape index (κ3) is 6.41. The summed E-state index contributed by atoms with van der Waals surface area (Å²) in [4.78, 5) is 34.0. The fraction of sp³-hybridized carbons (Fsp3) is 0.310. The molecule has 0 radical (unpaired) electrons. The Labute approximate surface area is 234 Å². The number of thiazole rings is 1. The van der Waals surface area contributed by atoms with E-state index in [1.165, 1.54) is 28.5 Å². The number of rotatable bonds is 10. The maximum absolute atomic E-state index is 12.4. The molecule has 5 rings (SSSR count). The molecule has 39 heavy (non-hydrogen) atoms. The minimum atomic E-state index is -1.04. The minimum Gasteiger partial charge on any atom is -0.476 e. The van der Waals surface area contributed by atoms with Gasteiger partial charge in [0.15, 0.2) is 15.6 Å². The largest absolute Gasteiger partial charge is 0.476 e. The highest BCUT2D eigenvalue weighted by Gasteiger charge is 2.29. The van der Waals surface area contributed by atoms with Crippen LogP contribution in [0.25, 0.3) is 22.6 Å².